The van der Waals surface area contributed by atoms with Gasteiger partial charge in [0.2, 0.25) is 0 Å². The highest BCUT2D eigenvalue weighted by atomic mass is 13.8. The molecule has 0 radical (unpaired) electrons. The summed E-state index contributed by atoms with van der Waals surface area (Å²) in [5, 5.41) is 0. The smallest absolute Gasteiger partial charge is 0.0106 e. The molecule has 0 nitrogen and oxygen atoms in total. The van der Waals surface area contributed by atoms with Crippen LogP contribution >= 0.6 is 0 Å². The molecule has 9 heavy (non-hydrogen) atoms. The predicted octanol–water partition coefficient (Wildman–Crippen LogP) is 3.11. The van der Waals surface area contributed by atoms with E-state index in [2.05, 4.69) is 32.9 Å². The van der Waals surface area contributed by atoms with Crippen molar-refractivity contribution in [3.05, 3.63) is 50.6 Å². The van der Waals surface area contributed by atoms with Crippen molar-refractivity contribution >= 4 is 0 Å². The van der Waals surface area contributed by atoms with Crippen molar-refractivity contribution in [3.8, 4) is 0 Å². The maximum atomic E-state index is 3.67. The van der Waals surface area contributed by atoms with E-state index in [0.29, 0.717) is 0 Å². The first-order chi connectivity index (χ1) is 4.31. The largest absolute Gasteiger partial charge is 0.106 e. The molecule has 0 amide bonds. The molecule has 0 heteroatoms. The molecule has 0 bridgehead atoms. The summed E-state index contributed by atoms with van der Waals surface area (Å²) in [5.74, 6) is 0. The van der Waals surface area contributed by atoms with Crippen LogP contribution in [0.4, 0.5) is 0 Å². The summed E-state index contributed by atoms with van der Waals surface area (Å²) in [6.45, 7) is 16.7. The van der Waals surface area contributed by atoms with E-state index in [0.717, 1.165) is 12.0 Å². The van der Waals surface area contributed by atoms with Crippen LogP contribution in [0.3, 0.4) is 0 Å². The van der Waals surface area contributed by atoms with Gasteiger partial charge in [-0.1, -0.05) is 30.9 Å². The van der Waals surface area contributed by atoms with Gasteiger partial charge in [-0.15, -0.1) is 19.7 Å². The number of allylic oxidation sites excluding steroid dienone is 3. The molecule has 0 aromatic carbocycles. The Kier molecular flexibility index (Phi) is 12.1. The molecule has 0 saturated carbocycles. The highest BCUT2D eigenvalue weighted by Gasteiger charge is 1.75. The van der Waals surface area contributed by atoms with Crippen molar-refractivity contribution in [2.45, 2.75) is 6.42 Å². The van der Waals surface area contributed by atoms with Gasteiger partial charge in [-0.25, -0.2) is 0 Å². The normalized spacial score (nSPS) is 6.22. The van der Waals surface area contributed by atoms with Crippen molar-refractivity contribution in [1.29, 1.82) is 0 Å². The lowest BCUT2D eigenvalue weighted by atomic mass is 10.2. The second-order valence-electron chi connectivity index (χ2n) is 1.36. The van der Waals surface area contributed by atoms with Crippen molar-refractivity contribution in [1.82, 2.24) is 0 Å². The van der Waals surface area contributed by atoms with E-state index < -0.39 is 0 Å². The Morgan fingerprint density at radius 1 is 1.22 bits per heavy atom. The van der Waals surface area contributed by atoms with Gasteiger partial charge in [0, 0.05) is 0 Å². The molecule has 0 aliphatic heterocycles. The summed E-state index contributed by atoms with van der Waals surface area (Å²) in [7, 11) is 0. The van der Waals surface area contributed by atoms with Gasteiger partial charge < -0.3 is 0 Å². The van der Waals surface area contributed by atoms with E-state index in [1.54, 1.807) is 6.08 Å². The van der Waals surface area contributed by atoms with E-state index in [1.165, 1.54) is 0 Å². The monoisotopic (exact) mass is 122 g/mol. The van der Waals surface area contributed by atoms with Crippen molar-refractivity contribution in [2.24, 2.45) is 0 Å². The summed E-state index contributed by atoms with van der Waals surface area (Å²) in [5.41, 5.74) is 1.02. The number of hydrogen-bond donors (Lipinski definition) is 0. The molecule has 0 aliphatic carbocycles. The van der Waals surface area contributed by atoms with Gasteiger partial charge in [0.25, 0.3) is 0 Å². The van der Waals surface area contributed by atoms with Crippen LogP contribution in [0.25, 0.3) is 0 Å². The average Bonchev–Trinajstić information content (AvgIpc) is 1.93. The van der Waals surface area contributed by atoms with Crippen LogP contribution in [0.5, 0.6) is 0 Å². The molecule has 0 rings (SSSR count). The molecule has 0 atom stereocenters. The third-order valence-corrected chi connectivity index (χ3v) is 0.695. The molecule has 0 saturated heterocycles. The van der Waals surface area contributed by atoms with Crippen LogP contribution < -0.4 is 0 Å². The molecule has 0 heterocycles. The molecule has 0 aliphatic rings. The van der Waals surface area contributed by atoms with Gasteiger partial charge in [0.15, 0.2) is 0 Å². The minimum atomic E-state index is 0.851. The van der Waals surface area contributed by atoms with Crippen molar-refractivity contribution < 1.29 is 0 Å². The van der Waals surface area contributed by atoms with E-state index in [-0.39, 0.29) is 0 Å². The first-order valence-corrected chi connectivity index (χ1v) is 2.72. The van der Waals surface area contributed by atoms with Crippen LogP contribution in [0.15, 0.2) is 50.6 Å². The summed E-state index contributed by atoms with van der Waals surface area (Å²) in [4.78, 5) is 0. The Morgan fingerprint density at radius 2 is 1.67 bits per heavy atom. The van der Waals surface area contributed by atoms with Gasteiger partial charge in [-0.3, -0.25) is 0 Å². The zero-order valence-corrected chi connectivity index (χ0v) is 5.90. The number of hydrogen-bond acceptors (Lipinski definition) is 0. The third-order valence-electron chi connectivity index (χ3n) is 0.695. The van der Waals surface area contributed by atoms with Crippen LogP contribution in [-0.2, 0) is 0 Å². The Bertz CT molecular complexity index is 98.6. The van der Waals surface area contributed by atoms with Crippen molar-refractivity contribution in [3.63, 3.8) is 0 Å². The molecule has 0 spiro atoms. The lowest BCUT2D eigenvalue weighted by Crippen LogP contribution is -1.65. The molecule has 0 fully saturated rings. The minimum Gasteiger partial charge on any atom is -0.106 e. The van der Waals surface area contributed by atoms with Crippen molar-refractivity contribution in [2.75, 3.05) is 0 Å². The molecular formula is C9H14. The fourth-order valence-corrected chi connectivity index (χ4v) is 0.269. The first kappa shape index (κ1) is 10.9. The average molecular weight is 122 g/mol. The number of rotatable bonds is 3. The minimum absolute atomic E-state index is 0.851. The molecule has 0 N–H and O–H groups in total. The second-order valence-corrected chi connectivity index (χ2v) is 1.36. The maximum absolute atomic E-state index is 3.67. The SMILES string of the molecule is C=C.C=CCC(=C)C=C. The summed E-state index contributed by atoms with van der Waals surface area (Å²) in [6, 6.07) is 0. The third kappa shape index (κ3) is 10.9. The molecular weight excluding hydrogens is 108 g/mol. The quantitative estimate of drug-likeness (QED) is 0.398. The van der Waals surface area contributed by atoms with Gasteiger partial charge >= 0.3 is 0 Å². The topological polar surface area (TPSA) is 0 Å². The Morgan fingerprint density at radius 3 is 1.78 bits per heavy atom. The second kappa shape index (κ2) is 10.0. The van der Waals surface area contributed by atoms with E-state index in [9.17, 15) is 0 Å². The van der Waals surface area contributed by atoms with Gasteiger partial charge in [0.1, 0.15) is 0 Å². The summed E-state index contributed by atoms with van der Waals surface area (Å²) >= 11 is 0. The van der Waals surface area contributed by atoms with Crippen LogP contribution in [-0.4, -0.2) is 0 Å². The lowest BCUT2D eigenvalue weighted by molar-refractivity contribution is 1.31. The van der Waals surface area contributed by atoms with Crippen LogP contribution in [0.1, 0.15) is 6.42 Å². The van der Waals surface area contributed by atoms with E-state index in [4.69, 9.17) is 0 Å². The highest BCUT2D eigenvalue weighted by molar-refractivity contribution is 5.13. The Labute approximate surface area is 57.9 Å². The van der Waals surface area contributed by atoms with Gasteiger partial charge in [0.05, 0.1) is 0 Å². The predicted molar refractivity (Wildman–Crippen MR) is 45.4 cm³/mol. The van der Waals surface area contributed by atoms with E-state index >= 15 is 0 Å². The fraction of sp³-hybridized carbons (Fsp3) is 0.111. The molecule has 0 aromatic rings. The highest BCUT2D eigenvalue weighted by Crippen LogP contribution is 1.96. The fourth-order valence-electron chi connectivity index (χ4n) is 0.269. The maximum Gasteiger partial charge on any atom is -0.0106 e. The summed E-state index contributed by atoms with van der Waals surface area (Å²) < 4.78 is 0. The zero-order valence-electron chi connectivity index (χ0n) is 5.90. The summed E-state index contributed by atoms with van der Waals surface area (Å²) in [6.07, 6.45) is 4.40. The Balaban J connectivity index is 0. The first-order valence-electron chi connectivity index (χ1n) is 2.72. The molecule has 0 unspecified atom stereocenters. The standard InChI is InChI=1S/C7H10.C2H4/c1-4-6-7(3)5-2;1-2/h4-5H,1-3,6H2;1-2H2. The molecule has 50 valence electrons. The lowest BCUT2D eigenvalue weighted by Gasteiger charge is -1.85. The zero-order chi connectivity index (χ0) is 7.70. The van der Waals surface area contributed by atoms with Gasteiger partial charge in [-0.2, -0.15) is 0 Å². The molecule has 0 aromatic heterocycles. The van der Waals surface area contributed by atoms with Crippen LogP contribution in [0, 0.1) is 0 Å². The van der Waals surface area contributed by atoms with Crippen LogP contribution in [0.2, 0.25) is 0 Å². The van der Waals surface area contributed by atoms with Gasteiger partial charge in [-0.05, 0) is 6.42 Å². The van der Waals surface area contributed by atoms with E-state index in [1.807, 2.05) is 6.08 Å². The Hall–Kier alpha value is -1.04.